The molecule has 0 radical (unpaired) electrons. The second-order valence-corrected chi connectivity index (χ2v) is 11.3. The Bertz CT molecular complexity index is 634. The Morgan fingerprint density at radius 1 is 0.964 bits per heavy atom. The van der Waals surface area contributed by atoms with Crippen LogP contribution < -0.4 is 0 Å². The van der Waals surface area contributed by atoms with Crippen molar-refractivity contribution in [3.63, 3.8) is 0 Å². The fraction of sp³-hybridized carbons (Fsp3) is 0.958. The van der Waals surface area contributed by atoms with Crippen molar-refractivity contribution in [3.8, 4) is 0 Å². The molecule has 4 nitrogen and oxygen atoms in total. The molecule has 1 aliphatic heterocycles. The first kappa shape index (κ1) is 19.4. The maximum absolute atomic E-state index is 11.7. The third-order valence-corrected chi connectivity index (χ3v) is 10.5. The number of hydrogen-bond acceptors (Lipinski definition) is 3. The Balaban J connectivity index is 1.40. The fourth-order valence-corrected chi connectivity index (χ4v) is 9.01. The van der Waals surface area contributed by atoms with Crippen LogP contribution in [-0.2, 0) is 14.3 Å². The van der Waals surface area contributed by atoms with Gasteiger partial charge in [0.25, 0.3) is 0 Å². The van der Waals surface area contributed by atoms with Crippen molar-refractivity contribution in [3.05, 3.63) is 0 Å². The minimum atomic E-state index is -0.600. The Hall–Kier alpha value is -0.610. The molecule has 0 aromatic rings. The van der Waals surface area contributed by atoms with E-state index in [1.165, 1.54) is 44.9 Å². The van der Waals surface area contributed by atoms with Crippen LogP contribution in [0.2, 0.25) is 0 Å². The smallest absolute Gasteiger partial charge is 0.306 e. The average Bonchev–Trinajstić information content (AvgIpc) is 3.02. The summed E-state index contributed by atoms with van der Waals surface area (Å²) in [5.74, 6) is 2.61. The highest BCUT2D eigenvalue weighted by molar-refractivity contribution is 5.70. The standard InChI is InChI=1S/C24H38O4/c1-14(22(25)26)17-6-7-18-16-5-4-15-12-20-21(28-11-10-27-20)13-24(15,3)19(16)8-9-23(17,18)2/h14-21H,4-13H2,1-3H3,(H,25,26)/t14?,15?,16-,17+,18-,19-,20?,21?,23+,24-/m0/s1. The number of carbonyl (C=O) groups is 1. The minimum Gasteiger partial charge on any atom is -0.481 e. The molecule has 10 atom stereocenters. The summed E-state index contributed by atoms with van der Waals surface area (Å²) in [6.07, 6.45) is 10.5. The van der Waals surface area contributed by atoms with E-state index >= 15 is 0 Å². The van der Waals surface area contributed by atoms with E-state index in [2.05, 4.69) is 13.8 Å². The van der Waals surface area contributed by atoms with Crippen molar-refractivity contribution in [2.45, 2.75) is 84.3 Å². The molecule has 4 heteroatoms. The van der Waals surface area contributed by atoms with Crippen LogP contribution in [-0.4, -0.2) is 36.5 Å². The van der Waals surface area contributed by atoms with Crippen LogP contribution >= 0.6 is 0 Å². The first-order valence-corrected chi connectivity index (χ1v) is 11.8. The number of ether oxygens (including phenoxy) is 2. The zero-order valence-corrected chi connectivity index (χ0v) is 17.9. The number of hydrogen-bond donors (Lipinski definition) is 1. The second-order valence-electron chi connectivity index (χ2n) is 11.3. The number of rotatable bonds is 2. The first-order chi connectivity index (χ1) is 13.3. The van der Waals surface area contributed by atoms with Crippen molar-refractivity contribution in [1.82, 2.24) is 0 Å². The van der Waals surface area contributed by atoms with Crippen LogP contribution in [0.1, 0.15) is 72.1 Å². The van der Waals surface area contributed by atoms with Gasteiger partial charge in [0, 0.05) is 0 Å². The van der Waals surface area contributed by atoms with Gasteiger partial charge in [-0.1, -0.05) is 20.8 Å². The van der Waals surface area contributed by atoms with Gasteiger partial charge in [-0.15, -0.1) is 0 Å². The van der Waals surface area contributed by atoms with Crippen molar-refractivity contribution in [1.29, 1.82) is 0 Å². The molecule has 0 aromatic carbocycles. The predicted octanol–water partition coefficient (Wildman–Crippen LogP) is 4.76. The van der Waals surface area contributed by atoms with Gasteiger partial charge in [0.15, 0.2) is 0 Å². The van der Waals surface area contributed by atoms with Crippen LogP contribution in [0.15, 0.2) is 0 Å². The van der Waals surface area contributed by atoms with Gasteiger partial charge in [0.05, 0.1) is 31.3 Å². The SMILES string of the molecule is CC(C(=O)O)[C@H]1CC[C@H]2[C@@H]3CCC4CC5OCCOC5C[C@]4(C)[C@H]3CC[C@]12C. The summed E-state index contributed by atoms with van der Waals surface area (Å²) in [4.78, 5) is 11.7. The summed E-state index contributed by atoms with van der Waals surface area (Å²) >= 11 is 0. The number of carboxylic acid groups (broad SMARTS) is 1. The highest BCUT2D eigenvalue weighted by atomic mass is 16.6. The molecule has 4 saturated carbocycles. The maximum Gasteiger partial charge on any atom is 0.306 e. The zero-order valence-electron chi connectivity index (χ0n) is 17.9. The highest BCUT2D eigenvalue weighted by Gasteiger charge is 2.62. The molecule has 5 rings (SSSR count). The molecule has 0 spiro atoms. The molecule has 1 heterocycles. The second kappa shape index (κ2) is 6.70. The topological polar surface area (TPSA) is 55.8 Å². The van der Waals surface area contributed by atoms with Crippen molar-refractivity contribution in [2.24, 2.45) is 46.3 Å². The third-order valence-electron chi connectivity index (χ3n) is 10.5. The van der Waals surface area contributed by atoms with Gasteiger partial charge in [-0.3, -0.25) is 4.79 Å². The molecule has 5 aliphatic rings. The van der Waals surface area contributed by atoms with Gasteiger partial charge < -0.3 is 14.6 Å². The van der Waals surface area contributed by atoms with E-state index in [9.17, 15) is 9.90 Å². The van der Waals surface area contributed by atoms with E-state index < -0.39 is 5.97 Å². The lowest BCUT2D eigenvalue weighted by molar-refractivity contribution is -0.215. The molecule has 4 aliphatic carbocycles. The summed E-state index contributed by atoms with van der Waals surface area (Å²) in [6, 6.07) is 0. The molecule has 1 saturated heterocycles. The lowest BCUT2D eigenvalue weighted by Gasteiger charge is -2.62. The van der Waals surface area contributed by atoms with Gasteiger partial charge in [0.1, 0.15) is 0 Å². The Labute approximate surface area is 169 Å². The molecule has 4 unspecified atom stereocenters. The first-order valence-electron chi connectivity index (χ1n) is 11.8. The molecular weight excluding hydrogens is 352 g/mol. The van der Waals surface area contributed by atoms with Gasteiger partial charge >= 0.3 is 5.97 Å². The van der Waals surface area contributed by atoms with Crippen LogP contribution in [0.25, 0.3) is 0 Å². The van der Waals surface area contributed by atoms with Crippen molar-refractivity contribution >= 4 is 5.97 Å². The zero-order chi connectivity index (χ0) is 19.7. The summed E-state index contributed by atoms with van der Waals surface area (Å²) in [6.45, 7) is 8.48. The number of fused-ring (bicyclic) bond motifs is 6. The Morgan fingerprint density at radius 3 is 2.43 bits per heavy atom. The van der Waals surface area contributed by atoms with Crippen LogP contribution in [0, 0.1) is 46.3 Å². The maximum atomic E-state index is 11.7. The Morgan fingerprint density at radius 2 is 1.68 bits per heavy atom. The van der Waals surface area contributed by atoms with Crippen LogP contribution in [0.5, 0.6) is 0 Å². The number of carboxylic acids is 1. The van der Waals surface area contributed by atoms with Crippen molar-refractivity contribution < 1.29 is 19.4 Å². The average molecular weight is 391 g/mol. The van der Waals surface area contributed by atoms with Crippen LogP contribution in [0.3, 0.4) is 0 Å². The van der Waals surface area contributed by atoms with Gasteiger partial charge in [-0.2, -0.15) is 0 Å². The normalized spacial score (nSPS) is 54.0. The molecule has 0 amide bonds. The van der Waals surface area contributed by atoms with E-state index in [-0.39, 0.29) is 11.3 Å². The monoisotopic (exact) mass is 390 g/mol. The van der Waals surface area contributed by atoms with Gasteiger partial charge in [-0.05, 0) is 91.8 Å². The lowest BCUT2D eigenvalue weighted by atomic mass is 9.44. The summed E-state index contributed by atoms with van der Waals surface area (Å²) in [7, 11) is 0. The predicted molar refractivity (Wildman–Crippen MR) is 107 cm³/mol. The Kier molecular flexibility index (Phi) is 4.63. The lowest BCUT2D eigenvalue weighted by Crippen LogP contribution is -2.58. The van der Waals surface area contributed by atoms with Crippen molar-refractivity contribution in [2.75, 3.05) is 13.2 Å². The minimum absolute atomic E-state index is 0.207. The summed E-state index contributed by atoms with van der Waals surface area (Å²) in [5, 5.41) is 9.66. The van der Waals surface area contributed by atoms with Crippen LogP contribution in [0.4, 0.5) is 0 Å². The third kappa shape index (κ3) is 2.66. The van der Waals surface area contributed by atoms with E-state index in [0.717, 1.165) is 43.3 Å². The highest BCUT2D eigenvalue weighted by Crippen LogP contribution is 2.68. The van der Waals surface area contributed by atoms with Gasteiger partial charge in [0.2, 0.25) is 0 Å². The van der Waals surface area contributed by atoms with Gasteiger partial charge in [-0.25, -0.2) is 0 Å². The fourth-order valence-electron chi connectivity index (χ4n) is 9.01. The molecule has 0 aromatic heterocycles. The molecule has 5 fully saturated rings. The molecule has 28 heavy (non-hydrogen) atoms. The van der Waals surface area contributed by atoms with E-state index in [0.29, 0.717) is 23.5 Å². The molecule has 1 N–H and O–H groups in total. The molecule has 0 bridgehead atoms. The summed E-state index contributed by atoms with van der Waals surface area (Å²) in [5.41, 5.74) is 0.604. The summed E-state index contributed by atoms with van der Waals surface area (Å²) < 4.78 is 12.2. The quantitative estimate of drug-likeness (QED) is 0.738. The van der Waals surface area contributed by atoms with E-state index in [1.54, 1.807) is 0 Å². The number of aliphatic carboxylic acids is 1. The van der Waals surface area contributed by atoms with E-state index in [1.807, 2.05) is 6.92 Å². The molecule has 158 valence electrons. The largest absolute Gasteiger partial charge is 0.481 e. The molecular formula is C24H38O4. The van der Waals surface area contributed by atoms with E-state index in [4.69, 9.17) is 9.47 Å².